The molecule has 2 N–H and O–H groups in total. The summed E-state index contributed by atoms with van der Waals surface area (Å²) in [6, 6.07) is 8.57. The summed E-state index contributed by atoms with van der Waals surface area (Å²) < 4.78 is 2.19. The van der Waals surface area contributed by atoms with Gasteiger partial charge in [-0.2, -0.15) is 0 Å². The first-order valence-corrected chi connectivity index (χ1v) is 5.56. The number of nitrogens with two attached hydrogens (primary N) is 1. The van der Waals surface area contributed by atoms with E-state index < -0.39 is 0 Å². The minimum Gasteiger partial charge on any atom is -0.399 e. The van der Waals surface area contributed by atoms with E-state index >= 15 is 0 Å². The highest BCUT2D eigenvalue weighted by Gasteiger charge is 2.25. The Labute approximate surface area is 94.1 Å². The summed E-state index contributed by atoms with van der Waals surface area (Å²) >= 11 is 0. The van der Waals surface area contributed by atoms with E-state index in [0.717, 1.165) is 17.9 Å². The first-order chi connectivity index (χ1) is 7.83. The highest BCUT2D eigenvalue weighted by Crippen LogP contribution is 2.35. The number of nitrogens with zero attached hydrogens (tertiary/aromatic N) is 3. The van der Waals surface area contributed by atoms with E-state index in [1.165, 1.54) is 18.4 Å². The standard InChI is InChI=1S/C12H14N4/c13-10-3-1-9(2-4-10)7-12-15-14-8-16(12)11-5-6-11/h1-4,8,11H,5-7,13H2. The summed E-state index contributed by atoms with van der Waals surface area (Å²) in [6.07, 6.45) is 5.18. The molecule has 1 heterocycles. The zero-order valence-corrected chi connectivity index (χ0v) is 9.00. The largest absolute Gasteiger partial charge is 0.399 e. The van der Waals surface area contributed by atoms with Crippen molar-refractivity contribution in [1.82, 2.24) is 14.8 Å². The van der Waals surface area contributed by atoms with Crippen LogP contribution in [0.4, 0.5) is 5.69 Å². The Balaban J connectivity index is 1.82. The minimum atomic E-state index is 0.638. The summed E-state index contributed by atoms with van der Waals surface area (Å²) in [4.78, 5) is 0. The van der Waals surface area contributed by atoms with Crippen molar-refractivity contribution in [3.63, 3.8) is 0 Å². The minimum absolute atomic E-state index is 0.638. The molecular formula is C12H14N4. The summed E-state index contributed by atoms with van der Waals surface area (Å²) in [5, 5.41) is 8.16. The molecule has 0 bridgehead atoms. The summed E-state index contributed by atoms with van der Waals surface area (Å²) in [5.74, 6) is 1.05. The first-order valence-electron chi connectivity index (χ1n) is 5.56. The van der Waals surface area contributed by atoms with Gasteiger partial charge in [0.1, 0.15) is 12.2 Å². The van der Waals surface area contributed by atoms with Gasteiger partial charge in [0.2, 0.25) is 0 Å². The van der Waals surface area contributed by atoms with Gasteiger partial charge in [-0.05, 0) is 30.5 Å². The molecule has 1 aromatic heterocycles. The first kappa shape index (κ1) is 9.39. The van der Waals surface area contributed by atoms with E-state index in [0.29, 0.717) is 6.04 Å². The highest BCUT2D eigenvalue weighted by molar-refractivity contribution is 5.39. The van der Waals surface area contributed by atoms with Crippen LogP contribution < -0.4 is 5.73 Å². The van der Waals surface area contributed by atoms with Crippen LogP contribution >= 0.6 is 0 Å². The van der Waals surface area contributed by atoms with Gasteiger partial charge < -0.3 is 10.3 Å². The van der Waals surface area contributed by atoms with Crippen LogP contribution in [0.15, 0.2) is 30.6 Å². The zero-order valence-electron chi connectivity index (χ0n) is 9.00. The SMILES string of the molecule is Nc1ccc(Cc2nncn2C2CC2)cc1. The Morgan fingerprint density at radius 2 is 2.00 bits per heavy atom. The molecule has 0 aliphatic heterocycles. The van der Waals surface area contributed by atoms with Gasteiger partial charge in [0, 0.05) is 18.2 Å². The lowest BCUT2D eigenvalue weighted by molar-refractivity contribution is 0.694. The molecule has 0 atom stereocenters. The van der Waals surface area contributed by atoms with Crippen molar-refractivity contribution in [2.75, 3.05) is 5.73 Å². The Kier molecular flexibility index (Phi) is 2.13. The smallest absolute Gasteiger partial charge is 0.137 e. The second kappa shape index (κ2) is 3.63. The molecule has 0 saturated heterocycles. The quantitative estimate of drug-likeness (QED) is 0.792. The molecule has 0 amide bonds. The van der Waals surface area contributed by atoms with E-state index in [9.17, 15) is 0 Å². The van der Waals surface area contributed by atoms with Crippen LogP contribution in [0.2, 0.25) is 0 Å². The summed E-state index contributed by atoms with van der Waals surface area (Å²) in [6.45, 7) is 0. The van der Waals surface area contributed by atoms with Crippen LogP contribution in [0.25, 0.3) is 0 Å². The van der Waals surface area contributed by atoms with Crippen molar-refractivity contribution in [3.05, 3.63) is 42.0 Å². The average Bonchev–Trinajstić information content (AvgIpc) is 3.03. The van der Waals surface area contributed by atoms with Crippen LogP contribution in [0.5, 0.6) is 0 Å². The van der Waals surface area contributed by atoms with Crippen molar-refractivity contribution in [2.24, 2.45) is 0 Å². The molecule has 1 fully saturated rings. The van der Waals surface area contributed by atoms with Crippen LogP contribution in [0.3, 0.4) is 0 Å². The third kappa shape index (κ3) is 1.78. The van der Waals surface area contributed by atoms with E-state index in [4.69, 9.17) is 5.73 Å². The van der Waals surface area contributed by atoms with Crippen molar-refractivity contribution in [3.8, 4) is 0 Å². The molecule has 4 nitrogen and oxygen atoms in total. The summed E-state index contributed by atoms with van der Waals surface area (Å²) in [5.41, 5.74) is 7.68. The van der Waals surface area contributed by atoms with Gasteiger partial charge in [-0.1, -0.05) is 12.1 Å². The fraction of sp³-hybridized carbons (Fsp3) is 0.333. The maximum Gasteiger partial charge on any atom is 0.137 e. The van der Waals surface area contributed by atoms with Gasteiger partial charge in [0.15, 0.2) is 0 Å². The van der Waals surface area contributed by atoms with Crippen LogP contribution in [-0.2, 0) is 6.42 Å². The number of hydrogen-bond donors (Lipinski definition) is 1. The fourth-order valence-electron chi connectivity index (χ4n) is 1.87. The number of rotatable bonds is 3. The Morgan fingerprint density at radius 1 is 1.25 bits per heavy atom. The van der Waals surface area contributed by atoms with Crippen molar-refractivity contribution in [1.29, 1.82) is 0 Å². The normalized spacial score (nSPS) is 15.2. The monoisotopic (exact) mass is 214 g/mol. The van der Waals surface area contributed by atoms with Gasteiger partial charge in [-0.3, -0.25) is 0 Å². The number of anilines is 1. The van der Waals surface area contributed by atoms with Crippen molar-refractivity contribution >= 4 is 5.69 Å². The molecule has 82 valence electrons. The summed E-state index contributed by atoms with van der Waals surface area (Å²) in [7, 11) is 0. The number of benzene rings is 1. The number of hydrogen-bond acceptors (Lipinski definition) is 3. The molecule has 4 heteroatoms. The lowest BCUT2D eigenvalue weighted by Gasteiger charge is -2.04. The molecule has 0 radical (unpaired) electrons. The van der Waals surface area contributed by atoms with Gasteiger partial charge in [0.05, 0.1) is 0 Å². The topological polar surface area (TPSA) is 56.7 Å². The highest BCUT2D eigenvalue weighted by atomic mass is 15.3. The molecule has 3 rings (SSSR count). The maximum absolute atomic E-state index is 5.66. The van der Waals surface area contributed by atoms with Crippen molar-refractivity contribution < 1.29 is 0 Å². The molecule has 1 aromatic carbocycles. The van der Waals surface area contributed by atoms with Gasteiger partial charge >= 0.3 is 0 Å². The number of nitrogen functional groups attached to an aromatic ring is 1. The molecule has 1 saturated carbocycles. The lowest BCUT2D eigenvalue weighted by atomic mass is 10.1. The van der Waals surface area contributed by atoms with E-state index in [1.807, 2.05) is 30.6 Å². The van der Waals surface area contributed by atoms with E-state index in [1.54, 1.807) is 0 Å². The van der Waals surface area contributed by atoms with Gasteiger partial charge in [0.25, 0.3) is 0 Å². The Hall–Kier alpha value is -1.84. The predicted molar refractivity (Wildman–Crippen MR) is 62.0 cm³/mol. The van der Waals surface area contributed by atoms with Crippen LogP contribution in [-0.4, -0.2) is 14.8 Å². The maximum atomic E-state index is 5.66. The average molecular weight is 214 g/mol. The Bertz CT molecular complexity index is 482. The zero-order chi connectivity index (χ0) is 11.0. The molecule has 16 heavy (non-hydrogen) atoms. The molecule has 0 unspecified atom stereocenters. The lowest BCUT2D eigenvalue weighted by Crippen LogP contribution is -2.01. The second-order valence-electron chi connectivity index (χ2n) is 4.30. The molecule has 1 aliphatic carbocycles. The molecule has 1 aliphatic rings. The van der Waals surface area contributed by atoms with Gasteiger partial charge in [-0.25, -0.2) is 0 Å². The Morgan fingerprint density at radius 3 is 2.69 bits per heavy atom. The van der Waals surface area contributed by atoms with E-state index in [2.05, 4.69) is 14.8 Å². The molecule has 2 aromatic rings. The second-order valence-corrected chi connectivity index (χ2v) is 4.30. The third-order valence-corrected chi connectivity index (χ3v) is 2.93. The van der Waals surface area contributed by atoms with Gasteiger partial charge in [-0.15, -0.1) is 10.2 Å². The van der Waals surface area contributed by atoms with E-state index in [-0.39, 0.29) is 0 Å². The van der Waals surface area contributed by atoms with Crippen molar-refractivity contribution in [2.45, 2.75) is 25.3 Å². The molecule has 0 spiro atoms. The number of aromatic nitrogens is 3. The fourth-order valence-corrected chi connectivity index (χ4v) is 1.87. The predicted octanol–water partition coefficient (Wildman–Crippen LogP) is 1.79. The van der Waals surface area contributed by atoms with Crippen LogP contribution in [0.1, 0.15) is 30.3 Å². The van der Waals surface area contributed by atoms with Crippen LogP contribution in [0, 0.1) is 0 Å². The third-order valence-electron chi connectivity index (χ3n) is 2.93. The molecular weight excluding hydrogens is 200 g/mol.